The van der Waals surface area contributed by atoms with Crippen LogP contribution in [0.25, 0.3) is 0 Å². The summed E-state index contributed by atoms with van der Waals surface area (Å²) in [4.78, 5) is 2.30. The predicted molar refractivity (Wildman–Crippen MR) is 86.4 cm³/mol. The lowest BCUT2D eigenvalue weighted by Gasteiger charge is -2.24. The number of anilines is 1. The van der Waals surface area contributed by atoms with E-state index in [1.54, 1.807) is 18.2 Å². The first-order chi connectivity index (χ1) is 11.2. The molecular formula is C17H21FN4O. The van der Waals surface area contributed by atoms with Crippen molar-refractivity contribution in [2.24, 2.45) is 0 Å². The molecule has 3 rings (SSSR count). The molecule has 6 heteroatoms. The van der Waals surface area contributed by atoms with Crippen molar-refractivity contribution in [1.82, 2.24) is 15.1 Å². The Kier molecular flexibility index (Phi) is 4.71. The van der Waals surface area contributed by atoms with Gasteiger partial charge in [-0.15, -0.1) is 5.10 Å². The number of nitrogens with zero attached hydrogens (tertiary/aromatic N) is 3. The Hall–Kier alpha value is -2.21. The second-order valence-electron chi connectivity index (χ2n) is 5.71. The Morgan fingerprint density at radius 2 is 2.17 bits per heavy atom. The van der Waals surface area contributed by atoms with E-state index < -0.39 is 0 Å². The first-order valence-electron chi connectivity index (χ1n) is 7.91. The van der Waals surface area contributed by atoms with E-state index in [9.17, 15) is 4.39 Å². The quantitative estimate of drug-likeness (QED) is 0.919. The molecule has 23 heavy (non-hydrogen) atoms. The van der Waals surface area contributed by atoms with Crippen molar-refractivity contribution in [2.45, 2.75) is 32.4 Å². The highest BCUT2D eigenvalue weighted by Crippen LogP contribution is 2.32. The number of benzene rings is 1. The van der Waals surface area contributed by atoms with E-state index in [1.807, 2.05) is 19.1 Å². The predicted octanol–water partition coefficient (Wildman–Crippen LogP) is 2.93. The summed E-state index contributed by atoms with van der Waals surface area (Å²) in [6, 6.07) is 9.06. The fraction of sp³-hybridized carbons (Fsp3) is 0.412. The van der Waals surface area contributed by atoms with E-state index in [2.05, 4.69) is 15.1 Å². The number of likely N-dealkylation sites (tertiary alicyclic amines) is 1. The van der Waals surface area contributed by atoms with Crippen LogP contribution in [0.3, 0.4) is 0 Å². The van der Waals surface area contributed by atoms with Crippen molar-refractivity contribution in [3.8, 4) is 5.75 Å². The Balaban J connectivity index is 1.73. The first-order valence-corrected chi connectivity index (χ1v) is 7.91. The molecule has 1 saturated heterocycles. The molecule has 1 aromatic heterocycles. The monoisotopic (exact) mass is 316 g/mol. The summed E-state index contributed by atoms with van der Waals surface area (Å²) in [5.74, 6) is 0.415. The van der Waals surface area contributed by atoms with Crippen molar-refractivity contribution < 1.29 is 9.13 Å². The average molecular weight is 316 g/mol. The highest BCUT2D eigenvalue weighted by atomic mass is 19.1. The van der Waals surface area contributed by atoms with Gasteiger partial charge in [0.15, 0.2) is 11.6 Å². The molecule has 2 N–H and O–H groups in total. The van der Waals surface area contributed by atoms with E-state index in [1.165, 1.54) is 0 Å². The van der Waals surface area contributed by atoms with Crippen molar-refractivity contribution in [1.29, 1.82) is 0 Å². The van der Waals surface area contributed by atoms with Crippen LogP contribution in [0.2, 0.25) is 0 Å². The SMILES string of the molecule is CCOc1ccc(CN2CCCC2c2ccc(N)nn2)cc1F. The second-order valence-corrected chi connectivity index (χ2v) is 5.71. The molecule has 1 unspecified atom stereocenters. The molecule has 1 aliphatic heterocycles. The van der Waals surface area contributed by atoms with Gasteiger partial charge >= 0.3 is 0 Å². The van der Waals surface area contributed by atoms with Crippen LogP contribution in [-0.2, 0) is 6.54 Å². The molecule has 5 nitrogen and oxygen atoms in total. The summed E-state index contributed by atoms with van der Waals surface area (Å²) in [6.07, 6.45) is 2.12. The third-order valence-electron chi connectivity index (χ3n) is 4.09. The van der Waals surface area contributed by atoms with Crippen molar-refractivity contribution in [2.75, 3.05) is 18.9 Å². The van der Waals surface area contributed by atoms with Crippen LogP contribution in [0, 0.1) is 5.82 Å². The molecule has 1 fully saturated rings. The fourth-order valence-corrected chi connectivity index (χ4v) is 3.03. The van der Waals surface area contributed by atoms with Gasteiger partial charge < -0.3 is 10.5 Å². The molecule has 2 aromatic rings. The molecule has 0 saturated carbocycles. The topological polar surface area (TPSA) is 64.3 Å². The standard InChI is InChI=1S/C17H21FN4O/c1-2-23-16-7-5-12(10-13(16)18)11-22-9-3-4-15(22)14-6-8-17(19)21-20-14/h5-8,10,15H,2-4,9,11H2,1H3,(H2,19,21). The number of hydrogen-bond donors (Lipinski definition) is 1. The van der Waals surface area contributed by atoms with Crippen LogP contribution in [-0.4, -0.2) is 28.2 Å². The second kappa shape index (κ2) is 6.91. The van der Waals surface area contributed by atoms with Gasteiger partial charge in [-0.25, -0.2) is 4.39 Å². The minimum atomic E-state index is -0.313. The summed E-state index contributed by atoms with van der Waals surface area (Å²) in [7, 11) is 0. The fourth-order valence-electron chi connectivity index (χ4n) is 3.03. The highest BCUT2D eigenvalue weighted by molar-refractivity contribution is 5.30. The van der Waals surface area contributed by atoms with Crippen LogP contribution in [0.15, 0.2) is 30.3 Å². The number of aromatic nitrogens is 2. The van der Waals surface area contributed by atoms with Crippen molar-refractivity contribution in [3.63, 3.8) is 0 Å². The lowest BCUT2D eigenvalue weighted by molar-refractivity contribution is 0.242. The molecule has 0 aliphatic carbocycles. The molecular weight excluding hydrogens is 295 g/mol. The molecule has 1 aromatic carbocycles. The van der Waals surface area contributed by atoms with Crippen LogP contribution in [0.1, 0.15) is 37.1 Å². The number of rotatable bonds is 5. The van der Waals surface area contributed by atoms with Crippen LogP contribution in [0.4, 0.5) is 10.2 Å². The third-order valence-corrected chi connectivity index (χ3v) is 4.09. The van der Waals surface area contributed by atoms with Crippen LogP contribution >= 0.6 is 0 Å². The van der Waals surface area contributed by atoms with Gasteiger partial charge in [-0.2, -0.15) is 5.10 Å². The Bertz CT molecular complexity index is 662. The molecule has 2 heterocycles. The number of ether oxygens (including phenoxy) is 1. The maximum absolute atomic E-state index is 14.0. The van der Waals surface area contributed by atoms with Gasteiger partial charge in [-0.05, 0) is 56.1 Å². The van der Waals surface area contributed by atoms with Gasteiger partial charge in [0.1, 0.15) is 5.82 Å². The highest BCUT2D eigenvalue weighted by Gasteiger charge is 2.27. The normalized spacial score (nSPS) is 18.3. The molecule has 0 radical (unpaired) electrons. The molecule has 0 spiro atoms. The van der Waals surface area contributed by atoms with Crippen molar-refractivity contribution >= 4 is 5.82 Å². The van der Waals surface area contributed by atoms with E-state index in [0.29, 0.717) is 24.7 Å². The summed E-state index contributed by atoms with van der Waals surface area (Å²) >= 11 is 0. The largest absolute Gasteiger partial charge is 0.491 e. The summed E-state index contributed by atoms with van der Waals surface area (Å²) in [6.45, 7) is 3.95. The first kappa shape index (κ1) is 15.7. The lowest BCUT2D eigenvalue weighted by Crippen LogP contribution is -2.23. The average Bonchev–Trinajstić information content (AvgIpc) is 2.99. The Labute approximate surface area is 135 Å². The molecule has 1 aliphatic rings. The number of nitrogen functional groups attached to an aromatic ring is 1. The van der Waals surface area contributed by atoms with Gasteiger partial charge in [0, 0.05) is 6.54 Å². The lowest BCUT2D eigenvalue weighted by atomic mass is 10.1. The number of nitrogens with two attached hydrogens (primary N) is 1. The summed E-state index contributed by atoms with van der Waals surface area (Å²) in [5.41, 5.74) is 7.45. The molecule has 0 bridgehead atoms. The third kappa shape index (κ3) is 3.59. The number of halogens is 1. The van der Waals surface area contributed by atoms with E-state index in [-0.39, 0.29) is 11.9 Å². The smallest absolute Gasteiger partial charge is 0.165 e. The van der Waals surface area contributed by atoms with Gasteiger partial charge in [-0.1, -0.05) is 6.07 Å². The summed E-state index contributed by atoms with van der Waals surface area (Å²) < 4.78 is 19.2. The minimum absolute atomic E-state index is 0.206. The van der Waals surface area contributed by atoms with Gasteiger partial charge in [0.25, 0.3) is 0 Å². The minimum Gasteiger partial charge on any atom is -0.491 e. The van der Waals surface area contributed by atoms with E-state index in [0.717, 1.165) is 30.6 Å². The number of hydrogen-bond acceptors (Lipinski definition) is 5. The van der Waals surface area contributed by atoms with E-state index >= 15 is 0 Å². The van der Waals surface area contributed by atoms with E-state index in [4.69, 9.17) is 10.5 Å². The zero-order valence-electron chi connectivity index (χ0n) is 13.2. The molecule has 0 amide bonds. The van der Waals surface area contributed by atoms with Gasteiger partial charge in [0.2, 0.25) is 0 Å². The van der Waals surface area contributed by atoms with Crippen molar-refractivity contribution in [3.05, 3.63) is 47.4 Å². The zero-order valence-corrected chi connectivity index (χ0v) is 13.2. The summed E-state index contributed by atoms with van der Waals surface area (Å²) in [5, 5.41) is 8.13. The van der Waals surface area contributed by atoms with Gasteiger partial charge in [0.05, 0.1) is 18.3 Å². The van der Waals surface area contributed by atoms with Crippen LogP contribution in [0.5, 0.6) is 5.75 Å². The maximum atomic E-state index is 14.0. The molecule has 122 valence electrons. The van der Waals surface area contributed by atoms with Gasteiger partial charge in [-0.3, -0.25) is 4.90 Å². The van der Waals surface area contributed by atoms with Crippen LogP contribution < -0.4 is 10.5 Å². The zero-order chi connectivity index (χ0) is 16.2. The molecule has 1 atom stereocenters. The maximum Gasteiger partial charge on any atom is 0.165 e. The Morgan fingerprint density at radius 1 is 1.30 bits per heavy atom. The Morgan fingerprint density at radius 3 is 2.87 bits per heavy atom.